The topological polar surface area (TPSA) is 108 Å². The molecule has 3 aliphatic rings. The first-order valence-electron chi connectivity index (χ1n) is 14.3. The zero-order chi connectivity index (χ0) is 28.9. The monoisotopic (exact) mass is 576 g/mol. The van der Waals surface area contributed by atoms with Crippen molar-refractivity contribution in [3.05, 3.63) is 28.8 Å². The summed E-state index contributed by atoms with van der Waals surface area (Å²) in [6, 6.07) is 4.40. The summed E-state index contributed by atoms with van der Waals surface area (Å²) in [5, 5.41) is 2.64. The standard InChI is InChI=1S/C29H41ClN4O6/c1-29(2,3)40-28(38)33-14-6-20(7-15-33)11-17-39-19-21-8-12-32(13-9-21)26(36)22-4-5-23(30)24(18-22)34-16-10-25(35)31-27(34)37/h4-5,18,20-21H,6-17,19H2,1-3H3,(H,31,35,37). The molecule has 40 heavy (non-hydrogen) atoms. The SMILES string of the molecule is CC(C)(C)OC(=O)N1CCC(CCOCC2CCN(C(=O)c3ccc(Cl)c(N4CCC(=O)NC4=O)c3)CC2)CC1. The molecule has 0 spiro atoms. The van der Waals surface area contributed by atoms with Gasteiger partial charge >= 0.3 is 12.1 Å². The highest BCUT2D eigenvalue weighted by atomic mass is 35.5. The lowest BCUT2D eigenvalue weighted by atomic mass is 9.94. The lowest BCUT2D eigenvalue weighted by Crippen LogP contribution is -2.49. The first-order valence-corrected chi connectivity index (χ1v) is 14.6. The third-order valence-electron chi connectivity index (χ3n) is 7.73. The molecule has 5 amide bonds. The van der Waals surface area contributed by atoms with Crippen molar-refractivity contribution in [2.24, 2.45) is 11.8 Å². The van der Waals surface area contributed by atoms with E-state index in [0.717, 1.165) is 45.2 Å². The molecule has 0 aromatic heterocycles. The smallest absolute Gasteiger partial charge is 0.410 e. The quantitative estimate of drug-likeness (QED) is 0.472. The van der Waals surface area contributed by atoms with Gasteiger partial charge in [-0.3, -0.25) is 19.8 Å². The molecule has 10 nitrogen and oxygen atoms in total. The summed E-state index contributed by atoms with van der Waals surface area (Å²) < 4.78 is 11.5. The van der Waals surface area contributed by atoms with Crippen LogP contribution in [0.2, 0.25) is 5.02 Å². The van der Waals surface area contributed by atoms with Crippen LogP contribution >= 0.6 is 11.6 Å². The van der Waals surface area contributed by atoms with Gasteiger partial charge in [0, 0.05) is 57.9 Å². The maximum absolute atomic E-state index is 13.2. The van der Waals surface area contributed by atoms with Crippen LogP contribution < -0.4 is 10.2 Å². The number of hydrogen-bond acceptors (Lipinski definition) is 6. The summed E-state index contributed by atoms with van der Waals surface area (Å²) in [5.41, 5.74) is 0.425. The number of rotatable bonds is 7. The van der Waals surface area contributed by atoms with Crippen LogP contribution in [0.4, 0.5) is 15.3 Å². The highest BCUT2D eigenvalue weighted by Crippen LogP contribution is 2.30. The number of hydrogen-bond donors (Lipinski definition) is 1. The molecule has 0 unspecified atom stereocenters. The van der Waals surface area contributed by atoms with Gasteiger partial charge in [-0.2, -0.15) is 0 Å². The summed E-state index contributed by atoms with van der Waals surface area (Å²) in [6.07, 6.45) is 4.63. The fourth-order valence-corrected chi connectivity index (χ4v) is 5.58. The fourth-order valence-electron chi connectivity index (χ4n) is 5.36. The third-order valence-corrected chi connectivity index (χ3v) is 8.05. The first kappa shape index (κ1) is 30.1. The molecule has 0 saturated carbocycles. The van der Waals surface area contributed by atoms with Gasteiger partial charge in [0.15, 0.2) is 0 Å². The Bertz CT molecular complexity index is 1090. The van der Waals surface area contributed by atoms with Gasteiger partial charge in [0.05, 0.1) is 10.7 Å². The minimum absolute atomic E-state index is 0.0940. The predicted octanol–water partition coefficient (Wildman–Crippen LogP) is 4.69. The second-order valence-corrected chi connectivity index (χ2v) is 12.3. The lowest BCUT2D eigenvalue weighted by molar-refractivity contribution is -0.120. The summed E-state index contributed by atoms with van der Waals surface area (Å²) in [5.74, 6) is 0.549. The fraction of sp³-hybridized carbons (Fsp3) is 0.655. The third kappa shape index (κ3) is 8.10. The van der Waals surface area contributed by atoms with Crippen LogP contribution in [-0.4, -0.2) is 85.3 Å². The van der Waals surface area contributed by atoms with Crippen molar-refractivity contribution >= 4 is 41.2 Å². The van der Waals surface area contributed by atoms with Gasteiger partial charge in [-0.05, 0) is 82.9 Å². The number of benzene rings is 1. The summed E-state index contributed by atoms with van der Waals surface area (Å²) in [7, 11) is 0. The average molecular weight is 577 g/mol. The molecule has 1 aromatic rings. The number of amides is 5. The maximum Gasteiger partial charge on any atom is 0.410 e. The summed E-state index contributed by atoms with van der Waals surface area (Å²) >= 11 is 6.32. The number of nitrogens with zero attached hydrogens (tertiary/aromatic N) is 3. The van der Waals surface area contributed by atoms with Gasteiger partial charge in [-0.15, -0.1) is 0 Å². The highest BCUT2D eigenvalue weighted by Gasteiger charge is 2.29. The minimum atomic E-state index is -0.533. The molecule has 3 aliphatic heterocycles. The Labute approximate surface area is 241 Å². The number of halogens is 1. The van der Waals surface area contributed by atoms with E-state index in [1.165, 1.54) is 4.90 Å². The minimum Gasteiger partial charge on any atom is -0.444 e. The molecule has 0 radical (unpaired) electrons. The first-order chi connectivity index (χ1) is 19.0. The van der Waals surface area contributed by atoms with Crippen molar-refractivity contribution < 1.29 is 28.7 Å². The zero-order valence-corrected chi connectivity index (χ0v) is 24.5. The van der Waals surface area contributed by atoms with E-state index in [2.05, 4.69) is 5.32 Å². The van der Waals surface area contributed by atoms with E-state index in [4.69, 9.17) is 21.1 Å². The van der Waals surface area contributed by atoms with Crippen molar-refractivity contribution in [3.8, 4) is 0 Å². The molecule has 3 saturated heterocycles. The Hall–Kier alpha value is -2.85. The molecule has 11 heteroatoms. The lowest BCUT2D eigenvalue weighted by Gasteiger charge is -2.34. The zero-order valence-electron chi connectivity index (χ0n) is 23.7. The molecule has 4 rings (SSSR count). The molecular formula is C29H41ClN4O6. The van der Waals surface area contributed by atoms with Gasteiger partial charge in [-0.25, -0.2) is 9.59 Å². The van der Waals surface area contributed by atoms with E-state index in [1.807, 2.05) is 25.7 Å². The summed E-state index contributed by atoms with van der Waals surface area (Å²) in [6.45, 7) is 10.0. The molecule has 0 aliphatic carbocycles. The molecule has 3 fully saturated rings. The van der Waals surface area contributed by atoms with Crippen molar-refractivity contribution in [2.75, 3.05) is 50.8 Å². The second kappa shape index (κ2) is 13.2. The van der Waals surface area contributed by atoms with E-state index < -0.39 is 11.6 Å². The van der Waals surface area contributed by atoms with E-state index >= 15 is 0 Å². The molecular weight excluding hydrogens is 536 g/mol. The number of piperidine rings is 2. The number of likely N-dealkylation sites (tertiary alicyclic amines) is 2. The number of ether oxygens (including phenoxy) is 2. The van der Waals surface area contributed by atoms with E-state index in [0.29, 0.717) is 54.4 Å². The number of carbonyl (C=O) groups is 4. The number of nitrogens with one attached hydrogen (secondary N) is 1. The van der Waals surface area contributed by atoms with E-state index in [-0.39, 0.29) is 30.9 Å². The second-order valence-electron chi connectivity index (χ2n) is 11.9. The van der Waals surface area contributed by atoms with Crippen LogP contribution in [0, 0.1) is 11.8 Å². The molecule has 1 N–H and O–H groups in total. The van der Waals surface area contributed by atoms with Crippen LogP contribution in [0.3, 0.4) is 0 Å². The number of anilines is 1. The molecule has 1 aromatic carbocycles. The highest BCUT2D eigenvalue weighted by molar-refractivity contribution is 6.34. The Morgan fingerprint density at radius 1 is 0.975 bits per heavy atom. The van der Waals surface area contributed by atoms with E-state index in [1.54, 1.807) is 23.1 Å². The Morgan fingerprint density at radius 2 is 1.62 bits per heavy atom. The van der Waals surface area contributed by atoms with Gasteiger partial charge < -0.3 is 19.3 Å². The van der Waals surface area contributed by atoms with Crippen molar-refractivity contribution in [1.29, 1.82) is 0 Å². The van der Waals surface area contributed by atoms with Gasteiger partial charge in [0.2, 0.25) is 5.91 Å². The van der Waals surface area contributed by atoms with E-state index in [9.17, 15) is 19.2 Å². The summed E-state index contributed by atoms with van der Waals surface area (Å²) in [4.78, 5) is 54.2. The van der Waals surface area contributed by atoms with Crippen LogP contribution in [0.5, 0.6) is 0 Å². The largest absolute Gasteiger partial charge is 0.444 e. The number of imide groups is 1. The Balaban J connectivity index is 1.16. The normalized spacial score (nSPS) is 19.6. The van der Waals surface area contributed by atoms with Gasteiger partial charge in [-0.1, -0.05) is 11.6 Å². The van der Waals surface area contributed by atoms with Crippen molar-refractivity contribution in [3.63, 3.8) is 0 Å². The Kier molecular flexibility index (Phi) is 9.94. The van der Waals surface area contributed by atoms with Crippen LogP contribution in [0.25, 0.3) is 0 Å². The molecule has 0 bridgehead atoms. The molecule has 3 heterocycles. The van der Waals surface area contributed by atoms with Gasteiger partial charge in [0.25, 0.3) is 5.91 Å². The Morgan fingerprint density at radius 3 is 2.27 bits per heavy atom. The molecule has 220 valence electrons. The van der Waals surface area contributed by atoms with Crippen molar-refractivity contribution in [2.45, 2.75) is 64.9 Å². The average Bonchev–Trinajstić information content (AvgIpc) is 2.91. The van der Waals surface area contributed by atoms with Crippen molar-refractivity contribution in [1.82, 2.24) is 15.1 Å². The number of urea groups is 1. The molecule has 0 atom stereocenters. The maximum atomic E-state index is 13.2. The van der Waals surface area contributed by atoms with Crippen LogP contribution in [0.15, 0.2) is 18.2 Å². The predicted molar refractivity (Wildman–Crippen MR) is 152 cm³/mol. The van der Waals surface area contributed by atoms with Crippen LogP contribution in [0.1, 0.15) is 69.7 Å². The van der Waals surface area contributed by atoms with Gasteiger partial charge in [0.1, 0.15) is 5.60 Å². The van der Waals surface area contributed by atoms with Crippen LogP contribution in [-0.2, 0) is 14.3 Å². The number of carbonyl (C=O) groups excluding carboxylic acids is 4.